The van der Waals surface area contributed by atoms with Gasteiger partial charge in [0.1, 0.15) is 17.0 Å². The Bertz CT molecular complexity index is 427. The molecule has 16 heavy (non-hydrogen) atoms. The number of aromatic nitrogens is 2. The first-order valence-corrected chi connectivity index (χ1v) is 5.33. The molecule has 0 radical (unpaired) electrons. The maximum atomic E-state index is 11.9. The maximum Gasteiger partial charge on any atom is 0.258 e. The van der Waals surface area contributed by atoms with Gasteiger partial charge in [-0.2, -0.15) is 4.98 Å². The van der Waals surface area contributed by atoms with Gasteiger partial charge in [0, 0.05) is 6.20 Å². The molecule has 86 valence electrons. The number of anilines is 2. The number of amides is 1. The molecule has 0 fully saturated rings. The SMILES string of the molecule is CCC1(CC)NC(=O)c2cnc(N)nc2N1. The zero-order valence-corrected chi connectivity index (χ0v) is 9.37. The average molecular weight is 221 g/mol. The highest BCUT2D eigenvalue weighted by Crippen LogP contribution is 2.26. The number of hydrogen-bond acceptors (Lipinski definition) is 5. The molecule has 0 atom stereocenters. The Morgan fingerprint density at radius 3 is 2.69 bits per heavy atom. The third kappa shape index (κ3) is 1.56. The molecule has 0 aromatic carbocycles. The van der Waals surface area contributed by atoms with Crippen molar-refractivity contribution in [2.45, 2.75) is 32.4 Å². The predicted octanol–water partition coefficient (Wildman–Crippen LogP) is 0.730. The lowest BCUT2D eigenvalue weighted by molar-refractivity contribution is 0.0893. The highest BCUT2D eigenvalue weighted by atomic mass is 16.2. The number of nitrogen functional groups attached to an aromatic ring is 1. The Morgan fingerprint density at radius 2 is 2.06 bits per heavy atom. The summed E-state index contributed by atoms with van der Waals surface area (Å²) in [6.07, 6.45) is 2.99. The number of carbonyl (C=O) groups is 1. The van der Waals surface area contributed by atoms with E-state index in [1.807, 2.05) is 13.8 Å². The van der Waals surface area contributed by atoms with Crippen LogP contribution in [-0.2, 0) is 0 Å². The van der Waals surface area contributed by atoms with Crippen LogP contribution in [0.25, 0.3) is 0 Å². The van der Waals surface area contributed by atoms with Crippen LogP contribution in [0.15, 0.2) is 6.20 Å². The quantitative estimate of drug-likeness (QED) is 0.684. The summed E-state index contributed by atoms with van der Waals surface area (Å²) in [7, 11) is 0. The number of rotatable bonds is 2. The molecule has 2 heterocycles. The van der Waals surface area contributed by atoms with E-state index in [0.29, 0.717) is 11.4 Å². The van der Waals surface area contributed by atoms with Gasteiger partial charge in [-0.05, 0) is 12.8 Å². The van der Waals surface area contributed by atoms with Crippen LogP contribution in [0, 0.1) is 0 Å². The molecule has 1 amide bonds. The van der Waals surface area contributed by atoms with Crippen LogP contribution in [0.1, 0.15) is 37.0 Å². The molecule has 0 saturated carbocycles. The van der Waals surface area contributed by atoms with Crippen molar-refractivity contribution in [2.24, 2.45) is 0 Å². The van der Waals surface area contributed by atoms with Crippen LogP contribution < -0.4 is 16.4 Å². The van der Waals surface area contributed by atoms with Crippen LogP contribution in [-0.4, -0.2) is 21.5 Å². The summed E-state index contributed by atoms with van der Waals surface area (Å²) in [5.41, 5.74) is 5.52. The fourth-order valence-corrected chi connectivity index (χ4v) is 1.80. The van der Waals surface area contributed by atoms with E-state index in [4.69, 9.17) is 5.73 Å². The van der Waals surface area contributed by atoms with Crippen LogP contribution in [0.4, 0.5) is 11.8 Å². The number of nitrogens with one attached hydrogen (secondary N) is 2. The second kappa shape index (κ2) is 3.62. The maximum absolute atomic E-state index is 11.9. The summed E-state index contributed by atoms with van der Waals surface area (Å²) < 4.78 is 0. The summed E-state index contributed by atoms with van der Waals surface area (Å²) >= 11 is 0. The van der Waals surface area contributed by atoms with Gasteiger partial charge in [0.2, 0.25) is 5.95 Å². The topological polar surface area (TPSA) is 92.9 Å². The fourth-order valence-electron chi connectivity index (χ4n) is 1.80. The summed E-state index contributed by atoms with van der Waals surface area (Å²) in [6, 6.07) is 0. The molecule has 1 aliphatic heterocycles. The molecule has 1 aromatic rings. The van der Waals surface area contributed by atoms with Gasteiger partial charge in [-0.15, -0.1) is 0 Å². The molecule has 1 aliphatic rings. The second-order valence-electron chi connectivity index (χ2n) is 3.86. The molecule has 6 heteroatoms. The van der Waals surface area contributed by atoms with E-state index in [1.54, 1.807) is 0 Å². The lowest BCUT2D eigenvalue weighted by atomic mass is 10.00. The zero-order chi connectivity index (χ0) is 11.8. The standard InChI is InChI=1S/C10H15N5O/c1-3-10(4-2)14-7-6(8(16)15-10)5-12-9(11)13-7/h5H,3-4H2,1-2H3,(H,15,16)(H3,11,12,13,14). The number of nitrogens with zero attached hydrogens (tertiary/aromatic N) is 2. The third-order valence-corrected chi connectivity index (χ3v) is 2.97. The first-order chi connectivity index (χ1) is 7.60. The second-order valence-corrected chi connectivity index (χ2v) is 3.86. The summed E-state index contributed by atoms with van der Waals surface area (Å²) in [6.45, 7) is 4.01. The molecule has 0 bridgehead atoms. The van der Waals surface area contributed by atoms with Crippen molar-refractivity contribution in [1.29, 1.82) is 0 Å². The van der Waals surface area contributed by atoms with Crippen molar-refractivity contribution in [1.82, 2.24) is 15.3 Å². The van der Waals surface area contributed by atoms with Crippen LogP contribution in [0.3, 0.4) is 0 Å². The van der Waals surface area contributed by atoms with E-state index in [9.17, 15) is 4.79 Å². The fraction of sp³-hybridized carbons (Fsp3) is 0.500. The average Bonchev–Trinajstić information content (AvgIpc) is 2.28. The number of fused-ring (bicyclic) bond motifs is 1. The molecule has 2 rings (SSSR count). The van der Waals surface area contributed by atoms with E-state index >= 15 is 0 Å². The molecular weight excluding hydrogens is 206 g/mol. The smallest absolute Gasteiger partial charge is 0.258 e. The Hall–Kier alpha value is -1.85. The predicted molar refractivity (Wildman–Crippen MR) is 60.8 cm³/mol. The summed E-state index contributed by atoms with van der Waals surface area (Å²) in [4.78, 5) is 19.7. The normalized spacial score (nSPS) is 17.2. The molecule has 6 nitrogen and oxygen atoms in total. The van der Waals surface area contributed by atoms with Crippen molar-refractivity contribution in [3.05, 3.63) is 11.8 Å². The molecule has 0 aliphatic carbocycles. The Labute approximate surface area is 93.7 Å². The number of hydrogen-bond donors (Lipinski definition) is 3. The molecule has 0 spiro atoms. The first kappa shape index (κ1) is 10.7. The van der Waals surface area contributed by atoms with Gasteiger partial charge in [-0.25, -0.2) is 4.98 Å². The van der Waals surface area contributed by atoms with Crippen LogP contribution in [0.2, 0.25) is 0 Å². The van der Waals surface area contributed by atoms with E-state index < -0.39 is 5.66 Å². The Morgan fingerprint density at radius 1 is 1.38 bits per heavy atom. The van der Waals surface area contributed by atoms with E-state index in [-0.39, 0.29) is 11.9 Å². The highest BCUT2D eigenvalue weighted by Gasteiger charge is 2.35. The van der Waals surface area contributed by atoms with E-state index in [0.717, 1.165) is 12.8 Å². The van der Waals surface area contributed by atoms with Crippen LogP contribution >= 0.6 is 0 Å². The minimum Gasteiger partial charge on any atom is -0.368 e. The van der Waals surface area contributed by atoms with Gasteiger partial charge >= 0.3 is 0 Å². The minimum absolute atomic E-state index is 0.155. The van der Waals surface area contributed by atoms with E-state index in [2.05, 4.69) is 20.6 Å². The van der Waals surface area contributed by atoms with Crippen molar-refractivity contribution >= 4 is 17.7 Å². The van der Waals surface area contributed by atoms with Gasteiger partial charge in [0.05, 0.1) is 0 Å². The zero-order valence-electron chi connectivity index (χ0n) is 9.37. The van der Waals surface area contributed by atoms with Gasteiger partial charge < -0.3 is 16.4 Å². The summed E-state index contributed by atoms with van der Waals surface area (Å²) in [5, 5.41) is 6.15. The lowest BCUT2D eigenvalue weighted by Crippen LogP contribution is -2.57. The Kier molecular flexibility index (Phi) is 2.41. The largest absolute Gasteiger partial charge is 0.368 e. The van der Waals surface area contributed by atoms with Crippen molar-refractivity contribution in [3.63, 3.8) is 0 Å². The third-order valence-electron chi connectivity index (χ3n) is 2.97. The molecular formula is C10H15N5O. The highest BCUT2D eigenvalue weighted by molar-refractivity contribution is 6.01. The minimum atomic E-state index is -0.426. The van der Waals surface area contributed by atoms with Gasteiger partial charge in [-0.3, -0.25) is 4.79 Å². The monoisotopic (exact) mass is 221 g/mol. The van der Waals surface area contributed by atoms with E-state index in [1.165, 1.54) is 6.20 Å². The van der Waals surface area contributed by atoms with Crippen molar-refractivity contribution < 1.29 is 4.79 Å². The van der Waals surface area contributed by atoms with Gasteiger partial charge in [0.25, 0.3) is 5.91 Å². The van der Waals surface area contributed by atoms with Gasteiger partial charge in [0.15, 0.2) is 0 Å². The first-order valence-electron chi connectivity index (χ1n) is 5.33. The molecule has 1 aromatic heterocycles. The van der Waals surface area contributed by atoms with Crippen molar-refractivity contribution in [2.75, 3.05) is 11.1 Å². The molecule has 0 unspecified atom stereocenters. The van der Waals surface area contributed by atoms with Crippen molar-refractivity contribution in [3.8, 4) is 0 Å². The summed E-state index contributed by atoms with van der Waals surface area (Å²) in [5.74, 6) is 0.527. The number of nitrogens with two attached hydrogens (primary N) is 1. The molecule has 4 N–H and O–H groups in total. The number of carbonyl (C=O) groups excluding carboxylic acids is 1. The van der Waals surface area contributed by atoms with Crippen LogP contribution in [0.5, 0.6) is 0 Å². The molecule has 0 saturated heterocycles. The Balaban J connectivity index is 2.45. The lowest BCUT2D eigenvalue weighted by Gasteiger charge is -2.38. The van der Waals surface area contributed by atoms with Gasteiger partial charge in [-0.1, -0.05) is 13.8 Å².